The highest BCUT2D eigenvalue weighted by atomic mass is 35.5. The summed E-state index contributed by atoms with van der Waals surface area (Å²) in [6.45, 7) is 2.28. The lowest BCUT2D eigenvalue weighted by Crippen LogP contribution is -2.41. The number of nitrogens with zero attached hydrogens (tertiary/aromatic N) is 3. The zero-order valence-electron chi connectivity index (χ0n) is 21.7. The third-order valence-electron chi connectivity index (χ3n) is 5.94. The number of methoxy groups -OCH3 is 1. The van der Waals surface area contributed by atoms with Gasteiger partial charge in [0, 0.05) is 23.9 Å². The fourth-order valence-electron chi connectivity index (χ4n) is 3.87. The number of unbranched alkanes of at least 4 members (excludes halogenated alkanes) is 1. The third kappa shape index (κ3) is 7.31. The van der Waals surface area contributed by atoms with Crippen LogP contribution in [-0.2, 0) is 4.79 Å². The van der Waals surface area contributed by atoms with Gasteiger partial charge in [0.1, 0.15) is 18.1 Å². The summed E-state index contributed by atoms with van der Waals surface area (Å²) in [4.78, 5) is 27.8. The van der Waals surface area contributed by atoms with Crippen LogP contribution in [0.15, 0.2) is 78.9 Å². The summed E-state index contributed by atoms with van der Waals surface area (Å²) in [6, 6.07) is 23.3. The Hall–Kier alpha value is -4.01. The Kier molecular flexibility index (Phi) is 9.46. The minimum absolute atomic E-state index is 0.151. The molecule has 1 heterocycles. The molecule has 4 aromatic rings. The highest BCUT2D eigenvalue weighted by molar-refractivity contribution is 6.42. The van der Waals surface area contributed by atoms with E-state index in [2.05, 4.69) is 10.6 Å². The van der Waals surface area contributed by atoms with Crippen LogP contribution in [0.1, 0.15) is 19.8 Å². The molecule has 0 aliphatic carbocycles. The molecule has 4 rings (SSSR count). The molecule has 39 heavy (non-hydrogen) atoms. The Labute approximate surface area is 237 Å². The maximum Gasteiger partial charge on any atom is 0.322 e. The number of amides is 3. The predicted molar refractivity (Wildman–Crippen MR) is 156 cm³/mol. The van der Waals surface area contributed by atoms with Crippen molar-refractivity contribution >= 4 is 46.6 Å². The number of aromatic nitrogens is 2. The van der Waals surface area contributed by atoms with E-state index < -0.39 is 6.03 Å². The topological polar surface area (TPSA) is 88.5 Å². The van der Waals surface area contributed by atoms with Gasteiger partial charge >= 0.3 is 6.03 Å². The number of carbonyl (C=O) groups is 2. The summed E-state index contributed by atoms with van der Waals surface area (Å²) in [7, 11) is 1.60. The number of rotatable bonds is 10. The van der Waals surface area contributed by atoms with Crippen molar-refractivity contribution in [3.63, 3.8) is 0 Å². The SMILES string of the molecule is CCCCN(CC(=O)Nc1cc(-c2ccccc2)nn1-c1ccc(OC)cc1)C(=O)Nc1ccc(Cl)c(Cl)c1. The number of benzene rings is 3. The van der Waals surface area contributed by atoms with Gasteiger partial charge < -0.3 is 20.3 Å². The van der Waals surface area contributed by atoms with Crippen LogP contribution in [0.2, 0.25) is 10.0 Å². The Morgan fingerprint density at radius 3 is 2.36 bits per heavy atom. The first kappa shape index (κ1) is 28.0. The number of carbonyl (C=O) groups excluding carboxylic acids is 2. The first-order valence-corrected chi connectivity index (χ1v) is 13.2. The van der Waals surface area contributed by atoms with Crippen molar-refractivity contribution in [3.05, 3.63) is 88.9 Å². The Bertz CT molecular complexity index is 1420. The number of halogens is 2. The minimum Gasteiger partial charge on any atom is -0.497 e. The highest BCUT2D eigenvalue weighted by Crippen LogP contribution is 2.27. The van der Waals surface area contributed by atoms with Crippen molar-refractivity contribution in [1.82, 2.24) is 14.7 Å². The molecular weight excluding hydrogens is 537 g/mol. The van der Waals surface area contributed by atoms with Gasteiger partial charge in [-0.15, -0.1) is 0 Å². The van der Waals surface area contributed by atoms with Crippen molar-refractivity contribution < 1.29 is 14.3 Å². The van der Waals surface area contributed by atoms with Crippen LogP contribution in [0.4, 0.5) is 16.3 Å². The summed E-state index contributed by atoms with van der Waals surface area (Å²) >= 11 is 12.1. The number of hydrogen-bond donors (Lipinski definition) is 2. The van der Waals surface area contributed by atoms with Gasteiger partial charge in [-0.05, 0) is 48.9 Å². The predicted octanol–water partition coefficient (Wildman–Crippen LogP) is 7.13. The maximum atomic E-state index is 13.2. The molecule has 0 fully saturated rings. The van der Waals surface area contributed by atoms with Crippen LogP contribution in [0.25, 0.3) is 16.9 Å². The van der Waals surface area contributed by atoms with Crippen molar-refractivity contribution in [2.24, 2.45) is 0 Å². The largest absolute Gasteiger partial charge is 0.497 e. The number of anilines is 2. The second-order valence-corrected chi connectivity index (χ2v) is 9.59. The molecule has 0 radical (unpaired) electrons. The second-order valence-electron chi connectivity index (χ2n) is 8.77. The van der Waals surface area contributed by atoms with Gasteiger partial charge in [-0.1, -0.05) is 66.9 Å². The minimum atomic E-state index is -0.411. The molecule has 3 amide bonds. The van der Waals surface area contributed by atoms with Gasteiger partial charge in [-0.3, -0.25) is 4.79 Å². The van der Waals surface area contributed by atoms with Gasteiger partial charge in [0.15, 0.2) is 0 Å². The first-order valence-electron chi connectivity index (χ1n) is 12.5. The Morgan fingerprint density at radius 2 is 1.69 bits per heavy atom. The van der Waals surface area contributed by atoms with Crippen LogP contribution in [0.5, 0.6) is 5.75 Å². The number of hydrogen-bond acceptors (Lipinski definition) is 4. The van der Waals surface area contributed by atoms with Gasteiger partial charge in [0.05, 0.1) is 28.5 Å². The van der Waals surface area contributed by atoms with Gasteiger partial charge in [-0.2, -0.15) is 5.10 Å². The van der Waals surface area contributed by atoms with Gasteiger partial charge in [-0.25, -0.2) is 9.48 Å². The molecular formula is C29H29Cl2N5O3. The van der Waals surface area contributed by atoms with E-state index in [1.165, 1.54) is 4.90 Å². The molecule has 1 aromatic heterocycles. The molecule has 0 atom stereocenters. The molecule has 2 N–H and O–H groups in total. The molecule has 3 aromatic carbocycles. The average molecular weight is 566 g/mol. The zero-order chi connectivity index (χ0) is 27.8. The van der Waals surface area contributed by atoms with Crippen LogP contribution < -0.4 is 15.4 Å². The first-order chi connectivity index (χ1) is 18.9. The summed E-state index contributed by atoms with van der Waals surface area (Å²) in [5.41, 5.74) is 2.84. The molecule has 202 valence electrons. The summed E-state index contributed by atoms with van der Waals surface area (Å²) in [5.74, 6) is 0.827. The summed E-state index contributed by atoms with van der Waals surface area (Å²) in [6.07, 6.45) is 1.60. The molecule has 0 aliphatic rings. The number of nitrogens with one attached hydrogen (secondary N) is 2. The fourth-order valence-corrected chi connectivity index (χ4v) is 4.17. The van der Waals surface area contributed by atoms with Crippen LogP contribution in [0.3, 0.4) is 0 Å². The quantitative estimate of drug-likeness (QED) is 0.214. The van der Waals surface area contributed by atoms with Crippen molar-refractivity contribution in [1.29, 1.82) is 0 Å². The van der Waals surface area contributed by atoms with Crippen LogP contribution in [-0.4, -0.2) is 46.8 Å². The normalized spacial score (nSPS) is 10.7. The molecule has 0 saturated carbocycles. The Balaban J connectivity index is 1.55. The fraction of sp³-hybridized carbons (Fsp3) is 0.207. The summed E-state index contributed by atoms with van der Waals surface area (Å²) < 4.78 is 6.93. The maximum absolute atomic E-state index is 13.2. The van der Waals surface area contributed by atoms with E-state index in [-0.39, 0.29) is 12.5 Å². The smallest absolute Gasteiger partial charge is 0.322 e. The molecule has 0 bridgehead atoms. The molecule has 0 spiro atoms. The van der Waals surface area contributed by atoms with E-state index >= 15 is 0 Å². The summed E-state index contributed by atoms with van der Waals surface area (Å²) in [5, 5.41) is 11.2. The van der Waals surface area contributed by atoms with E-state index in [0.29, 0.717) is 39.5 Å². The lowest BCUT2D eigenvalue weighted by molar-refractivity contribution is -0.116. The standard InChI is InChI=1S/C29H29Cl2N5O3/c1-3-4-16-35(29(38)32-21-10-15-24(30)25(31)17-21)19-28(37)33-27-18-26(20-8-6-5-7-9-20)34-36(27)22-11-13-23(39-2)14-12-22/h5-15,17-18H,3-4,16,19H2,1-2H3,(H,32,38)(H,33,37). The number of urea groups is 1. The van der Waals surface area contributed by atoms with E-state index in [1.807, 2.05) is 67.6 Å². The lowest BCUT2D eigenvalue weighted by atomic mass is 10.1. The molecule has 0 aliphatic heterocycles. The van der Waals surface area contributed by atoms with E-state index in [9.17, 15) is 9.59 Å². The van der Waals surface area contributed by atoms with Gasteiger partial charge in [0.25, 0.3) is 0 Å². The van der Waals surface area contributed by atoms with E-state index in [4.69, 9.17) is 33.0 Å². The third-order valence-corrected chi connectivity index (χ3v) is 6.68. The van der Waals surface area contributed by atoms with Crippen molar-refractivity contribution in [2.75, 3.05) is 30.8 Å². The van der Waals surface area contributed by atoms with Gasteiger partial charge in [0.2, 0.25) is 5.91 Å². The molecule has 0 unspecified atom stereocenters. The number of ether oxygens (including phenoxy) is 1. The average Bonchev–Trinajstić information content (AvgIpc) is 3.37. The molecule has 10 heteroatoms. The highest BCUT2D eigenvalue weighted by Gasteiger charge is 2.20. The lowest BCUT2D eigenvalue weighted by Gasteiger charge is -2.22. The second kappa shape index (κ2) is 13.2. The monoisotopic (exact) mass is 565 g/mol. The molecule has 8 nitrogen and oxygen atoms in total. The van der Waals surface area contributed by atoms with Crippen molar-refractivity contribution in [3.8, 4) is 22.7 Å². The van der Waals surface area contributed by atoms with Crippen molar-refractivity contribution in [2.45, 2.75) is 19.8 Å². The van der Waals surface area contributed by atoms with E-state index in [0.717, 1.165) is 24.1 Å². The Morgan fingerprint density at radius 1 is 0.949 bits per heavy atom. The molecule has 0 saturated heterocycles. The van der Waals surface area contributed by atoms with E-state index in [1.54, 1.807) is 30.0 Å². The van der Waals surface area contributed by atoms with Crippen LogP contribution >= 0.6 is 23.2 Å². The van der Waals surface area contributed by atoms with Crippen LogP contribution in [0, 0.1) is 0 Å². The zero-order valence-corrected chi connectivity index (χ0v) is 23.2.